The Morgan fingerprint density at radius 1 is 1.40 bits per heavy atom. The van der Waals surface area contributed by atoms with Crippen molar-refractivity contribution in [2.45, 2.75) is 0 Å². The highest BCUT2D eigenvalue weighted by Gasteiger charge is 2.10. The molecule has 0 atom stereocenters. The lowest BCUT2D eigenvalue weighted by atomic mass is 10.3. The SMILES string of the molecule is O=C(O)c1cn2c(=O)cc(/C=C/c3cccs3)nc2s1. The minimum atomic E-state index is -1.06. The van der Waals surface area contributed by atoms with E-state index in [0.29, 0.717) is 10.7 Å². The maximum atomic E-state index is 11.9. The van der Waals surface area contributed by atoms with Gasteiger partial charge in [-0.05, 0) is 23.6 Å². The summed E-state index contributed by atoms with van der Waals surface area (Å²) in [6, 6.07) is 5.28. The molecule has 100 valence electrons. The smallest absolute Gasteiger partial charge is 0.347 e. The molecule has 0 bridgehead atoms. The zero-order valence-electron chi connectivity index (χ0n) is 10.0. The summed E-state index contributed by atoms with van der Waals surface area (Å²) >= 11 is 2.56. The van der Waals surface area contributed by atoms with E-state index < -0.39 is 5.97 Å². The highest BCUT2D eigenvalue weighted by Crippen LogP contribution is 2.16. The summed E-state index contributed by atoms with van der Waals surface area (Å²) in [7, 11) is 0. The quantitative estimate of drug-likeness (QED) is 0.807. The number of carboxylic acid groups (broad SMARTS) is 1. The van der Waals surface area contributed by atoms with E-state index in [1.54, 1.807) is 17.4 Å². The first-order valence-corrected chi connectivity index (χ1v) is 7.31. The average Bonchev–Trinajstić information content (AvgIpc) is 3.05. The van der Waals surface area contributed by atoms with Crippen molar-refractivity contribution in [3.05, 3.63) is 55.6 Å². The molecule has 3 aromatic rings. The van der Waals surface area contributed by atoms with Gasteiger partial charge in [0.25, 0.3) is 5.56 Å². The Bertz CT molecular complexity index is 860. The fourth-order valence-corrected chi connectivity index (χ4v) is 3.11. The molecular weight excluding hydrogens is 296 g/mol. The van der Waals surface area contributed by atoms with Crippen LogP contribution in [0.4, 0.5) is 0 Å². The monoisotopic (exact) mass is 304 g/mol. The number of carboxylic acids is 1. The number of aromatic nitrogens is 2. The van der Waals surface area contributed by atoms with Gasteiger partial charge in [-0.3, -0.25) is 9.20 Å². The molecule has 7 heteroatoms. The van der Waals surface area contributed by atoms with Crippen LogP contribution in [0, 0.1) is 0 Å². The van der Waals surface area contributed by atoms with Crippen LogP contribution in [0.2, 0.25) is 0 Å². The number of hydrogen-bond acceptors (Lipinski definition) is 5. The van der Waals surface area contributed by atoms with Gasteiger partial charge in [0.15, 0.2) is 4.96 Å². The molecule has 0 aliphatic carbocycles. The number of fused-ring (bicyclic) bond motifs is 1. The molecule has 0 aliphatic heterocycles. The standard InChI is InChI=1S/C13H8N2O3S2/c16-11-6-8(3-4-9-2-1-5-19-9)14-13-15(11)7-10(20-13)12(17)18/h1-7H,(H,17,18)/b4-3+. The van der Waals surface area contributed by atoms with Crippen molar-refractivity contribution < 1.29 is 9.90 Å². The highest BCUT2D eigenvalue weighted by atomic mass is 32.1. The lowest BCUT2D eigenvalue weighted by molar-refractivity contribution is 0.0702. The van der Waals surface area contributed by atoms with Crippen molar-refractivity contribution in [2.75, 3.05) is 0 Å². The van der Waals surface area contributed by atoms with Crippen LogP contribution in [0.15, 0.2) is 34.6 Å². The van der Waals surface area contributed by atoms with E-state index in [-0.39, 0.29) is 10.4 Å². The van der Waals surface area contributed by atoms with Crippen LogP contribution in [0.1, 0.15) is 20.2 Å². The number of rotatable bonds is 3. The van der Waals surface area contributed by atoms with E-state index >= 15 is 0 Å². The van der Waals surface area contributed by atoms with Crippen molar-refractivity contribution in [3.63, 3.8) is 0 Å². The minimum Gasteiger partial charge on any atom is -0.477 e. The molecule has 0 unspecified atom stereocenters. The van der Waals surface area contributed by atoms with Gasteiger partial charge in [0.05, 0.1) is 5.69 Å². The zero-order valence-corrected chi connectivity index (χ0v) is 11.6. The molecule has 3 rings (SSSR count). The molecule has 0 fully saturated rings. The topological polar surface area (TPSA) is 71.7 Å². The molecule has 0 radical (unpaired) electrons. The Kier molecular flexibility index (Phi) is 3.21. The number of aromatic carboxylic acids is 1. The fourth-order valence-electron chi connectivity index (χ4n) is 1.66. The molecule has 0 saturated heterocycles. The Morgan fingerprint density at radius 2 is 2.25 bits per heavy atom. The highest BCUT2D eigenvalue weighted by molar-refractivity contribution is 7.18. The number of thiophene rings is 1. The second-order valence-electron chi connectivity index (χ2n) is 3.92. The van der Waals surface area contributed by atoms with Gasteiger partial charge in [0, 0.05) is 17.1 Å². The van der Waals surface area contributed by atoms with E-state index in [4.69, 9.17) is 5.11 Å². The maximum absolute atomic E-state index is 11.9. The predicted octanol–water partition coefficient (Wildman–Crippen LogP) is 2.69. The normalized spacial score (nSPS) is 11.4. The molecule has 0 amide bonds. The van der Waals surface area contributed by atoms with E-state index in [2.05, 4.69) is 4.98 Å². The lowest BCUT2D eigenvalue weighted by Crippen LogP contribution is -2.11. The Balaban J connectivity index is 2.05. The van der Waals surface area contributed by atoms with Crippen molar-refractivity contribution in [1.29, 1.82) is 0 Å². The number of nitrogens with zero attached hydrogens (tertiary/aromatic N) is 2. The van der Waals surface area contributed by atoms with Crippen LogP contribution in [0.5, 0.6) is 0 Å². The lowest BCUT2D eigenvalue weighted by Gasteiger charge is -1.93. The van der Waals surface area contributed by atoms with Crippen molar-refractivity contribution in [2.24, 2.45) is 0 Å². The first-order chi connectivity index (χ1) is 9.63. The molecule has 3 heterocycles. The van der Waals surface area contributed by atoms with Crippen LogP contribution in [0.25, 0.3) is 17.1 Å². The van der Waals surface area contributed by atoms with Crippen LogP contribution >= 0.6 is 22.7 Å². The number of hydrogen-bond donors (Lipinski definition) is 1. The third-order valence-electron chi connectivity index (χ3n) is 2.56. The summed E-state index contributed by atoms with van der Waals surface area (Å²) in [6.07, 6.45) is 4.91. The third-order valence-corrected chi connectivity index (χ3v) is 4.37. The van der Waals surface area contributed by atoms with Gasteiger partial charge in [-0.25, -0.2) is 9.78 Å². The molecule has 5 nitrogen and oxygen atoms in total. The Morgan fingerprint density at radius 3 is 2.95 bits per heavy atom. The number of carbonyl (C=O) groups is 1. The van der Waals surface area contributed by atoms with E-state index in [1.165, 1.54) is 16.7 Å². The zero-order chi connectivity index (χ0) is 14.1. The first-order valence-electron chi connectivity index (χ1n) is 5.61. The van der Waals surface area contributed by atoms with Crippen LogP contribution in [-0.4, -0.2) is 20.5 Å². The molecular formula is C13H8N2O3S2. The largest absolute Gasteiger partial charge is 0.477 e. The fraction of sp³-hybridized carbons (Fsp3) is 0. The van der Waals surface area contributed by atoms with Gasteiger partial charge in [0.1, 0.15) is 4.88 Å². The average molecular weight is 304 g/mol. The molecule has 0 spiro atoms. The molecule has 0 saturated carbocycles. The van der Waals surface area contributed by atoms with E-state index in [1.807, 2.05) is 23.6 Å². The van der Waals surface area contributed by atoms with Gasteiger partial charge in [-0.2, -0.15) is 0 Å². The van der Waals surface area contributed by atoms with E-state index in [0.717, 1.165) is 16.2 Å². The summed E-state index contributed by atoms with van der Waals surface area (Å²) in [5.41, 5.74) is 0.228. The van der Waals surface area contributed by atoms with Crippen molar-refractivity contribution in [3.8, 4) is 0 Å². The summed E-state index contributed by atoms with van der Waals surface area (Å²) in [5.74, 6) is -1.06. The summed E-state index contributed by atoms with van der Waals surface area (Å²) in [6.45, 7) is 0. The summed E-state index contributed by atoms with van der Waals surface area (Å²) < 4.78 is 1.25. The molecule has 3 aromatic heterocycles. The summed E-state index contributed by atoms with van der Waals surface area (Å²) in [4.78, 5) is 28.6. The second-order valence-corrected chi connectivity index (χ2v) is 5.91. The number of thiazole rings is 1. The third kappa shape index (κ3) is 2.40. The molecule has 20 heavy (non-hydrogen) atoms. The van der Waals surface area contributed by atoms with Crippen LogP contribution in [-0.2, 0) is 0 Å². The van der Waals surface area contributed by atoms with Gasteiger partial charge in [-0.1, -0.05) is 17.4 Å². The van der Waals surface area contributed by atoms with Crippen LogP contribution < -0.4 is 5.56 Å². The summed E-state index contributed by atoms with van der Waals surface area (Å²) in [5, 5.41) is 10.9. The van der Waals surface area contributed by atoms with Gasteiger partial charge in [0.2, 0.25) is 0 Å². The van der Waals surface area contributed by atoms with Gasteiger partial charge < -0.3 is 5.11 Å². The van der Waals surface area contributed by atoms with Gasteiger partial charge in [-0.15, -0.1) is 11.3 Å². The molecule has 0 aliphatic rings. The van der Waals surface area contributed by atoms with E-state index in [9.17, 15) is 9.59 Å². The van der Waals surface area contributed by atoms with Crippen molar-refractivity contribution in [1.82, 2.24) is 9.38 Å². The second kappa shape index (κ2) is 5.03. The first kappa shape index (κ1) is 12.8. The minimum absolute atomic E-state index is 0.0917. The van der Waals surface area contributed by atoms with Crippen LogP contribution in [0.3, 0.4) is 0 Å². The van der Waals surface area contributed by atoms with Crippen molar-refractivity contribution >= 4 is 45.8 Å². The maximum Gasteiger partial charge on any atom is 0.347 e. The Hall–Kier alpha value is -2.25. The molecule has 0 aromatic carbocycles. The predicted molar refractivity (Wildman–Crippen MR) is 79.5 cm³/mol. The molecule has 1 N–H and O–H groups in total. The van der Waals surface area contributed by atoms with Gasteiger partial charge >= 0.3 is 5.97 Å². The Labute approximate surface area is 121 Å².